The molecule has 0 aliphatic heterocycles. The molecule has 0 radical (unpaired) electrons. The summed E-state index contributed by atoms with van der Waals surface area (Å²) in [7, 11) is 3.90. The van der Waals surface area contributed by atoms with E-state index in [1.165, 1.54) is 17.7 Å². The number of thiazole rings is 1. The van der Waals surface area contributed by atoms with Crippen LogP contribution in [0.5, 0.6) is 0 Å². The maximum absolute atomic E-state index is 5.04. The molecule has 5 heteroatoms. The Morgan fingerprint density at radius 1 is 1.53 bits per heavy atom. The van der Waals surface area contributed by atoms with E-state index in [-0.39, 0.29) is 0 Å². The number of nitrogens with zero attached hydrogens (tertiary/aromatic N) is 2. The molecule has 2 rings (SSSR count). The monoisotopic (exact) mass is 283 g/mol. The summed E-state index contributed by atoms with van der Waals surface area (Å²) in [6, 6.07) is 0.611. The number of hydrogen-bond donors (Lipinski definition) is 1. The zero-order valence-electron chi connectivity index (χ0n) is 12.4. The molecule has 108 valence electrons. The minimum atomic E-state index is 0.611. The van der Waals surface area contributed by atoms with E-state index in [9.17, 15) is 0 Å². The van der Waals surface area contributed by atoms with Crippen molar-refractivity contribution in [1.82, 2.24) is 10.3 Å². The first-order valence-electron chi connectivity index (χ1n) is 7.02. The smallest absolute Gasteiger partial charge is 0.185 e. The Hall–Kier alpha value is -0.650. The molecule has 1 fully saturated rings. The van der Waals surface area contributed by atoms with Gasteiger partial charge in [0.2, 0.25) is 0 Å². The molecule has 0 saturated heterocycles. The van der Waals surface area contributed by atoms with E-state index in [2.05, 4.69) is 31.1 Å². The maximum Gasteiger partial charge on any atom is 0.185 e. The molecule has 1 aliphatic carbocycles. The zero-order valence-corrected chi connectivity index (χ0v) is 13.2. The van der Waals surface area contributed by atoms with Crippen molar-refractivity contribution in [3.8, 4) is 0 Å². The van der Waals surface area contributed by atoms with Crippen LogP contribution in [0.3, 0.4) is 0 Å². The molecule has 1 heterocycles. The van der Waals surface area contributed by atoms with E-state index in [1.807, 2.05) is 11.3 Å². The number of rotatable bonds is 8. The van der Waals surface area contributed by atoms with Crippen molar-refractivity contribution in [2.45, 2.75) is 39.3 Å². The van der Waals surface area contributed by atoms with Gasteiger partial charge in [0.1, 0.15) is 0 Å². The van der Waals surface area contributed by atoms with Crippen molar-refractivity contribution in [3.63, 3.8) is 0 Å². The molecule has 1 aromatic heterocycles. The summed E-state index contributed by atoms with van der Waals surface area (Å²) < 4.78 is 5.04. The van der Waals surface area contributed by atoms with E-state index < -0.39 is 0 Å². The van der Waals surface area contributed by atoms with E-state index in [4.69, 9.17) is 9.72 Å². The Bertz CT molecular complexity index is 403. The molecule has 1 saturated carbocycles. The van der Waals surface area contributed by atoms with Crippen molar-refractivity contribution >= 4 is 16.5 Å². The van der Waals surface area contributed by atoms with Gasteiger partial charge >= 0.3 is 0 Å². The lowest BCUT2D eigenvalue weighted by Crippen LogP contribution is -2.30. The van der Waals surface area contributed by atoms with E-state index in [0.29, 0.717) is 6.04 Å². The minimum absolute atomic E-state index is 0.611. The highest BCUT2D eigenvalue weighted by Gasteiger charge is 2.31. The number of methoxy groups -OCH3 is 1. The Kier molecular flexibility index (Phi) is 5.19. The predicted molar refractivity (Wildman–Crippen MR) is 81.0 cm³/mol. The maximum atomic E-state index is 5.04. The third kappa shape index (κ3) is 3.91. The molecule has 0 aromatic carbocycles. The van der Waals surface area contributed by atoms with E-state index in [1.54, 1.807) is 7.11 Å². The molecule has 1 atom stereocenters. The van der Waals surface area contributed by atoms with Gasteiger partial charge in [-0.2, -0.15) is 0 Å². The first-order chi connectivity index (χ1) is 9.13. The molecule has 1 N–H and O–H groups in total. The first kappa shape index (κ1) is 14.8. The van der Waals surface area contributed by atoms with Gasteiger partial charge in [-0.15, -0.1) is 11.3 Å². The fourth-order valence-corrected chi connectivity index (χ4v) is 3.25. The zero-order chi connectivity index (χ0) is 13.8. The number of aryl methyl sites for hydroxylation is 1. The third-order valence-corrected chi connectivity index (χ3v) is 5.11. The number of anilines is 1. The van der Waals surface area contributed by atoms with Crippen molar-refractivity contribution in [2.75, 3.05) is 32.2 Å². The van der Waals surface area contributed by atoms with Crippen LogP contribution in [-0.2, 0) is 11.3 Å². The molecule has 0 amide bonds. The van der Waals surface area contributed by atoms with Gasteiger partial charge in [-0.1, -0.05) is 0 Å². The van der Waals surface area contributed by atoms with Crippen LogP contribution in [0.2, 0.25) is 0 Å². The molecule has 0 spiro atoms. The molecule has 0 bridgehead atoms. The van der Waals surface area contributed by atoms with Crippen LogP contribution >= 0.6 is 11.3 Å². The SMILES string of the molecule is COCCNCc1sc(N(C)C(C)C2CC2)nc1C. The summed E-state index contributed by atoms with van der Waals surface area (Å²) in [5.41, 5.74) is 1.15. The van der Waals surface area contributed by atoms with Gasteiger partial charge in [-0.3, -0.25) is 0 Å². The summed E-state index contributed by atoms with van der Waals surface area (Å²) in [4.78, 5) is 8.39. The average Bonchev–Trinajstić information content (AvgIpc) is 3.18. The summed E-state index contributed by atoms with van der Waals surface area (Å²) in [5, 5.41) is 4.54. The number of ether oxygens (including phenoxy) is 1. The van der Waals surface area contributed by atoms with Crippen LogP contribution in [0.25, 0.3) is 0 Å². The molecule has 4 nitrogen and oxygen atoms in total. The summed E-state index contributed by atoms with van der Waals surface area (Å²) in [6.45, 7) is 6.94. The lowest BCUT2D eigenvalue weighted by molar-refractivity contribution is 0.199. The van der Waals surface area contributed by atoms with Gasteiger partial charge in [0.15, 0.2) is 5.13 Å². The largest absolute Gasteiger partial charge is 0.383 e. The topological polar surface area (TPSA) is 37.4 Å². The highest BCUT2D eigenvalue weighted by Crippen LogP contribution is 2.37. The second-order valence-electron chi connectivity index (χ2n) is 5.36. The van der Waals surface area contributed by atoms with Gasteiger partial charge in [0, 0.05) is 38.2 Å². The highest BCUT2D eigenvalue weighted by molar-refractivity contribution is 7.15. The van der Waals surface area contributed by atoms with Gasteiger partial charge in [-0.25, -0.2) is 4.98 Å². The Labute approximate surface area is 120 Å². The quantitative estimate of drug-likeness (QED) is 0.744. The van der Waals surface area contributed by atoms with Gasteiger partial charge in [0.25, 0.3) is 0 Å². The van der Waals surface area contributed by atoms with Crippen LogP contribution in [0.1, 0.15) is 30.3 Å². The fourth-order valence-electron chi connectivity index (χ4n) is 2.17. The summed E-state index contributed by atoms with van der Waals surface area (Å²) in [6.07, 6.45) is 2.75. The molecule has 1 aliphatic rings. The van der Waals surface area contributed by atoms with E-state index >= 15 is 0 Å². The second kappa shape index (κ2) is 6.68. The molecular formula is C14H25N3OS. The van der Waals surface area contributed by atoms with Crippen LogP contribution in [0.15, 0.2) is 0 Å². The minimum Gasteiger partial charge on any atom is -0.383 e. The molecule has 19 heavy (non-hydrogen) atoms. The van der Waals surface area contributed by atoms with Gasteiger partial charge in [0.05, 0.1) is 12.3 Å². The lowest BCUT2D eigenvalue weighted by atomic mass is 10.2. The molecule has 1 aromatic rings. The normalized spacial score (nSPS) is 16.6. The number of aromatic nitrogens is 1. The lowest BCUT2D eigenvalue weighted by Gasteiger charge is -2.23. The first-order valence-corrected chi connectivity index (χ1v) is 7.84. The number of nitrogens with one attached hydrogen (secondary N) is 1. The Balaban J connectivity index is 1.91. The van der Waals surface area contributed by atoms with Crippen LogP contribution in [-0.4, -0.2) is 38.3 Å². The molecular weight excluding hydrogens is 258 g/mol. The summed E-state index contributed by atoms with van der Waals surface area (Å²) in [5.74, 6) is 0.873. The van der Waals surface area contributed by atoms with Crippen LogP contribution in [0.4, 0.5) is 5.13 Å². The van der Waals surface area contributed by atoms with Crippen molar-refractivity contribution in [3.05, 3.63) is 10.6 Å². The fraction of sp³-hybridized carbons (Fsp3) is 0.786. The second-order valence-corrected chi connectivity index (χ2v) is 6.43. The van der Waals surface area contributed by atoms with Crippen molar-refractivity contribution in [2.24, 2.45) is 5.92 Å². The van der Waals surface area contributed by atoms with Gasteiger partial charge < -0.3 is 15.0 Å². The van der Waals surface area contributed by atoms with Crippen LogP contribution < -0.4 is 10.2 Å². The Morgan fingerprint density at radius 3 is 2.89 bits per heavy atom. The van der Waals surface area contributed by atoms with Crippen molar-refractivity contribution < 1.29 is 4.74 Å². The highest BCUT2D eigenvalue weighted by atomic mass is 32.1. The number of hydrogen-bond acceptors (Lipinski definition) is 5. The Morgan fingerprint density at radius 2 is 2.26 bits per heavy atom. The average molecular weight is 283 g/mol. The predicted octanol–water partition coefficient (Wildman–Crippen LogP) is 2.42. The van der Waals surface area contributed by atoms with Gasteiger partial charge in [-0.05, 0) is 32.6 Å². The van der Waals surface area contributed by atoms with Crippen LogP contribution in [0, 0.1) is 12.8 Å². The van der Waals surface area contributed by atoms with Crippen molar-refractivity contribution in [1.29, 1.82) is 0 Å². The standard InChI is InChI=1S/C14H25N3OS/c1-10-13(9-15-7-8-18-4)19-14(16-10)17(3)11(2)12-5-6-12/h11-12,15H,5-9H2,1-4H3. The molecule has 1 unspecified atom stereocenters. The van der Waals surface area contributed by atoms with E-state index in [0.717, 1.165) is 36.4 Å². The third-order valence-electron chi connectivity index (χ3n) is 3.87. The summed E-state index contributed by atoms with van der Waals surface area (Å²) >= 11 is 1.81.